The molecule has 0 bridgehead atoms. The van der Waals surface area contributed by atoms with Crippen molar-refractivity contribution in [1.82, 2.24) is 5.32 Å². The van der Waals surface area contributed by atoms with E-state index < -0.39 is 0 Å². The van der Waals surface area contributed by atoms with Crippen molar-refractivity contribution in [3.8, 4) is 0 Å². The number of thioether (sulfide) groups is 1. The molecule has 156 valence electrons. The van der Waals surface area contributed by atoms with Gasteiger partial charge in [0.2, 0.25) is 0 Å². The molecule has 2 atom stereocenters. The molecule has 0 radical (unpaired) electrons. The van der Waals surface area contributed by atoms with E-state index in [1.165, 1.54) is 31.0 Å². The van der Waals surface area contributed by atoms with Crippen LogP contribution in [0.2, 0.25) is 0 Å². The third kappa shape index (κ3) is 4.31. The van der Waals surface area contributed by atoms with Gasteiger partial charge in [0.25, 0.3) is 11.8 Å². The van der Waals surface area contributed by atoms with E-state index in [1.807, 2.05) is 49.4 Å². The average Bonchev–Trinajstić information content (AvgIpc) is 2.73. The van der Waals surface area contributed by atoms with Crippen LogP contribution < -0.4 is 10.2 Å². The minimum Gasteiger partial charge on any atom is -0.349 e. The molecule has 0 saturated heterocycles. The zero-order valence-electron chi connectivity index (χ0n) is 17.8. The van der Waals surface area contributed by atoms with Crippen molar-refractivity contribution in [3.05, 3.63) is 64.1 Å². The number of likely N-dealkylation sites (N-methyl/N-ethyl adjacent to an activating group) is 1. The zero-order valence-corrected chi connectivity index (χ0v) is 18.6. The maximum absolute atomic E-state index is 13.0. The van der Waals surface area contributed by atoms with Gasteiger partial charge in [-0.1, -0.05) is 61.4 Å². The number of amides is 2. The van der Waals surface area contributed by atoms with Crippen LogP contribution in [0.1, 0.15) is 54.1 Å². The van der Waals surface area contributed by atoms with Gasteiger partial charge in [-0.25, -0.2) is 0 Å². The minimum absolute atomic E-state index is 0.0486. The maximum Gasteiger partial charge on any atom is 0.264 e. The number of rotatable bonds is 3. The Morgan fingerprint density at radius 1 is 1.17 bits per heavy atom. The number of nitrogens with zero attached hydrogens (tertiary/aromatic N) is 1. The van der Waals surface area contributed by atoms with Crippen molar-refractivity contribution < 1.29 is 9.59 Å². The molecule has 2 aromatic rings. The van der Waals surface area contributed by atoms with Crippen molar-refractivity contribution >= 4 is 35.3 Å². The number of fused-ring (bicyclic) bond motifs is 1. The maximum atomic E-state index is 13.0. The highest BCUT2D eigenvalue weighted by molar-refractivity contribution is 8.04. The van der Waals surface area contributed by atoms with Gasteiger partial charge in [0, 0.05) is 23.5 Å². The average molecular weight is 421 g/mol. The summed E-state index contributed by atoms with van der Waals surface area (Å²) in [7, 11) is 1.77. The summed E-state index contributed by atoms with van der Waals surface area (Å²) < 4.78 is 0. The Hall–Kier alpha value is -2.53. The first kappa shape index (κ1) is 20.7. The largest absolute Gasteiger partial charge is 0.349 e. The van der Waals surface area contributed by atoms with E-state index in [-0.39, 0.29) is 17.9 Å². The highest BCUT2D eigenvalue weighted by atomic mass is 32.2. The van der Waals surface area contributed by atoms with Gasteiger partial charge < -0.3 is 10.2 Å². The van der Waals surface area contributed by atoms with Crippen LogP contribution in [0, 0.1) is 12.8 Å². The first-order chi connectivity index (χ1) is 14.4. The number of hydrogen-bond acceptors (Lipinski definition) is 3. The predicted molar refractivity (Wildman–Crippen MR) is 124 cm³/mol. The van der Waals surface area contributed by atoms with Crippen LogP contribution in [-0.4, -0.2) is 24.9 Å². The lowest BCUT2D eigenvalue weighted by molar-refractivity contribution is -0.114. The van der Waals surface area contributed by atoms with Crippen LogP contribution in [0.5, 0.6) is 0 Å². The van der Waals surface area contributed by atoms with Crippen LogP contribution in [0.15, 0.2) is 52.3 Å². The molecule has 2 amide bonds. The minimum atomic E-state index is -0.0523. The van der Waals surface area contributed by atoms with E-state index in [0.29, 0.717) is 16.4 Å². The quantitative estimate of drug-likeness (QED) is 0.675. The van der Waals surface area contributed by atoms with Crippen molar-refractivity contribution in [2.75, 3.05) is 11.9 Å². The Balaban J connectivity index is 1.56. The number of carbonyl (C=O) groups excluding carboxylic acids is 2. The molecule has 1 aliphatic carbocycles. The third-order valence-corrected chi connectivity index (χ3v) is 7.16. The number of aryl methyl sites for hydroxylation is 1. The Morgan fingerprint density at radius 3 is 2.73 bits per heavy atom. The summed E-state index contributed by atoms with van der Waals surface area (Å²) in [5, 5.41) is 3.20. The number of hydrogen-bond donors (Lipinski definition) is 1. The first-order valence-corrected chi connectivity index (χ1v) is 11.4. The van der Waals surface area contributed by atoms with E-state index in [4.69, 9.17) is 0 Å². The van der Waals surface area contributed by atoms with E-state index >= 15 is 0 Å². The zero-order chi connectivity index (χ0) is 21.3. The number of benzene rings is 2. The van der Waals surface area contributed by atoms with Crippen LogP contribution in [-0.2, 0) is 4.79 Å². The monoisotopic (exact) mass is 420 g/mol. The Kier molecular flexibility index (Phi) is 6.00. The predicted octanol–water partition coefficient (Wildman–Crippen LogP) is 5.41. The number of nitrogens with one attached hydrogen (secondary N) is 1. The molecule has 1 aliphatic heterocycles. The van der Waals surface area contributed by atoms with Gasteiger partial charge in [-0.15, -0.1) is 0 Å². The topological polar surface area (TPSA) is 49.4 Å². The second-order valence-electron chi connectivity index (χ2n) is 8.41. The summed E-state index contributed by atoms with van der Waals surface area (Å²) in [6, 6.07) is 14.0. The van der Waals surface area contributed by atoms with Crippen LogP contribution >= 0.6 is 11.8 Å². The standard InChI is InChI=1S/C25H28N2O2S/c1-16-7-6-9-18(13-16)14-23-25(29)27(3)21-15-19(11-12-22(21)30-23)24(28)26-20-10-5-4-8-17(20)2/h6-7,9,11-15,17,20H,4-5,8,10H2,1-3H3,(H,26,28)/b23-14-/t17-,20-/m0/s1. The molecular formula is C25H28N2O2S. The molecule has 1 N–H and O–H groups in total. The molecule has 4 rings (SSSR count). The molecule has 0 aromatic heterocycles. The van der Waals surface area contributed by atoms with Gasteiger partial charge in [0.15, 0.2) is 0 Å². The van der Waals surface area contributed by atoms with Gasteiger partial charge >= 0.3 is 0 Å². The molecule has 1 fully saturated rings. The Labute approximate surface area is 182 Å². The fourth-order valence-electron chi connectivity index (χ4n) is 4.23. The molecule has 5 heteroatoms. The highest BCUT2D eigenvalue weighted by Gasteiger charge is 2.28. The highest BCUT2D eigenvalue weighted by Crippen LogP contribution is 2.42. The van der Waals surface area contributed by atoms with E-state index in [0.717, 1.165) is 28.1 Å². The summed E-state index contributed by atoms with van der Waals surface area (Å²) in [6.07, 6.45) is 6.56. The van der Waals surface area contributed by atoms with Crippen molar-refractivity contribution in [3.63, 3.8) is 0 Å². The van der Waals surface area contributed by atoms with Crippen LogP contribution in [0.4, 0.5) is 5.69 Å². The van der Waals surface area contributed by atoms with Crippen LogP contribution in [0.3, 0.4) is 0 Å². The van der Waals surface area contributed by atoms with Gasteiger partial charge in [-0.05, 0) is 55.5 Å². The van der Waals surface area contributed by atoms with E-state index in [2.05, 4.69) is 18.3 Å². The summed E-state index contributed by atoms with van der Waals surface area (Å²) in [5.41, 5.74) is 3.57. The van der Waals surface area contributed by atoms with E-state index in [9.17, 15) is 9.59 Å². The molecule has 1 heterocycles. The lowest BCUT2D eigenvalue weighted by Gasteiger charge is -2.30. The van der Waals surface area contributed by atoms with Crippen molar-refractivity contribution in [2.45, 2.75) is 50.5 Å². The van der Waals surface area contributed by atoms with Crippen LogP contribution in [0.25, 0.3) is 6.08 Å². The van der Waals surface area contributed by atoms with Gasteiger partial charge in [0.05, 0.1) is 10.6 Å². The van der Waals surface area contributed by atoms with Gasteiger partial charge in [-0.3, -0.25) is 9.59 Å². The summed E-state index contributed by atoms with van der Waals surface area (Å²) >= 11 is 1.46. The summed E-state index contributed by atoms with van der Waals surface area (Å²) in [5.74, 6) is 0.408. The fourth-order valence-corrected chi connectivity index (χ4v) is 5.32. The smallest absolute Gasteiger partial charge is 0.264 e. The molecule has 0 unspecified atom stereocenters. The number of carbonyl (C=O) groups is 2. The summed E-state index contributed by atoms with van der Waals surface area (Å²) in [4.78, 5) is 29.1. The molecule has 4 nitrogen and oxygen atoms in total. The Bertz CT molecular complexity index is 1010. The molecule has 2 aromatic carbocycles. The molecule has 0 spiro atoms. The fraction of sp³-hybridized carbons (Fsp3) is 0.360. The van der Waals surface area contributed by atoms with E-state index in [1.54, 1.807) is 11.9 Å². The van der Waals surface area contributed by atoms with Gasteiger partial charge in [0.1, 0.15) is 0 Å². The Morgan fingerprint density at radius 2 is 1.97 bits per heavy atom. The third-order valence-electron chi connectivity index (χ3n) is 6.09. The lowest BCUT2D eigenvalue weighted by atomic mass is 9.86. The summed E-state index contributed by atoms with van der Waals surface area (Å²) in [6.45, 7) is 4.25. The normalized spacial score (nSPS) is 22.7. The first-order valence-electron chi connectivity index (χ1n) is 10.6. The second kappa shape index (κ2) is 8.68. The SMILES string of the molecule is Cc1cccc(/C=C2\Sc3ccc(C(=O)N[C@H]4CCCC[C@@H]4C)cc3N(C)C2=O)c1. The molecular weight excluding hydrogens is 392 g/mol. The molecule has 30 heavy (non-hydrogen) atoms. The number of anilines is 1. The van der Waals surface area contributed by atoms with Crippen molar-refractivity contribution in [2.24, 2.45) is 5.92 Å². The molecule has 1 saturated carbocycles. The second-order valence-corrected chi connectivity index (χ2v) is 9.50. The lowest BCUT2D eigenvalue weighted by Crippen LogP contribution is -2.41. The van der Waals surface area contributed by atoms with Gasteiger partial charge in [-0.2, -0.15) is 0 Å². The molecule has 2 aliphatic rings. The van der Waals surface area contributed by atoms with Crippen molar-refractivity contribution in [1.29, 1.82) is 0 Å².